The van der Waals surface area contributed by atoms with Crippen molar-refractivity contribution < 1.29 is 9.13 Å². The van der Waals surface area contributed by atoms with Crippen LogP contribution in [0.15, 0.2) is 45.3 Å². The van der Waals surface area contributed by atoms with Gasteiger partial charge in [-0.3, -0.25) is 0 Å². The van der Waals surface area contributed by atoms with E-state index >= 15 is 0 Å². The van der Waals surface area contributed by atoms with Crippen LogP contribution >= 0.6 is 31.9 Å². The van der Waals surface area contributed by atoms with Crippen molar-refractivity contribution in [2.75, 3.05) is 0 Å². The number of rotatable bonds is 5. The molecule has 0 saturated heterocycles. The van der Waals surface area contributed by atoms with Gasteiger partial charge in [-0.1, -0.05) is 35.8 Å². The van der Waals surface area contributed by atoms with Crippen molar-refractivity contribution in [2.45, 2.75) is 26.4 Å². The van der Waals surface area contributed by atoms with E-state index in [0.29, 0.717) is 28.6 Å². The van der Waals surface area contributed by atoms with Crippen LogP contribution in [0, 0.1) is 5.82 Å². The van der Waals surface area contributed by atoms with E-state index in [4.69, 9.17) is 4.74 Å². The summed E-state index contributed by atoms with van der Waals surface area (Å²) in [6, 6.07) is 11.0. The maximum atomic E-state index is 13.6. The maximum Gasteiger partial charge on any atom is 0.141 e. The number of hydrogen-bond donors (Lipinski definition) is 1. The second-order valence-electron chi connectivity index (χ2n) is 4.97. The highest BCUT2D eigenvalue weighted by Gasteiger charge is 2.08. The summed E-state index contributed by atoms with van der Waals surface area (Å²) in [7, 11) is 0. The minimum atomic E-state index is -0.343. The summed E-state index contributed by atoms with van der Waals surface area (Å²) >= 11 is 6.57. The van der Waals surface area contributed by atoms with Crippen molar-refractivity contribution in [1.29, 1.82) is 0 Å². The molecule has 0 atom stereocenters. The van der Waals surface area contributed by atoms with Gasteiger partial charge in [-0.15, -0.1) is 0 Å². The Hall–Kier alpha value is -0.910. The van der Waals surface area contributed by atoms with Gasteiger partial charge < -0.3 is 10.1 Å². The third kappa shape index (κ3) is 4.80. The lowest BCUT2D eigenvalue weighted by atomic mass is 10.2. The fourth-order valence-corrected chi connectivity index (χ4v) is 2.34. The molecule has 2 nitrogen and oxygen atoms in total. The Balaban J connectivity index is 2.24. The van der Waals surface area contributed by atoms with E-state index < -0.39 is 0 Å². The van der Waals surface area contributed by atoms with Crippen LogP contribution in [0.5, 0.6) is 11.5 Å². The fourth-order valence-electron chi connectivity index (χ4n) is 1.75. The van der Waals surface area contributed by atoms with Crippen LogP contribution in [-0.4, -0.2) is 6.04 Å². The first-order valence-corrected chi connectivity index (χ1v) is 8.19. The van der Waals surface area contributed by atoms with Gasteiger partial charge in [0.25, 0.3) is 0 Å². The molecule has 0 spiro atoms. The Kier molecular flexibility index (Phi) is 5.79. The summed E-state index contributed by atoms with van der Waals surface area (Å²) < 4.78 is 20.7. The van der Waals surface area contributed by atoms with Gasteiger partial charge >= 0.3 is 0 Å². The first kappa shape index (κ1) is 16.5. The molecule has 0 aliphatic carbocycles. The van der Waals surface area contributed by atoms with Crippen molar-refractivity contribution in [3.63, 3.8) is 0 Å². The van der Waals surface area contributed by atoms with Gasteiger partial charge in [0.2, 0.25) is 0 Å². The monoisotopic (exact) mass is 415 g/mol. The average molecular weight is 417 g/mol. The Morgan fingerprint density at radius 2 is 1.90 bits per heavy atom. The number of nitrogens with one attached hydrogen (secondary N) is 1. The van der Waals surface area contributed by atoms with E-state index in [1.807, 2.05) is 18.2 Å². The second kappa shape index (κ2) is 7.38. The second-order valence-corrected chi connectivity index (χ2v) is 6.74. The number of ether oxygens (including phenoxy) is 1. The standard InChI is InChI=1S/C16H16Br2FNO/c1-10(2)20-9-11-3-4-12(17)7-16(11)21-13-5-6-14(18)15(19)8-13/h3-8,10,20H,9H2,1-2H3. The summed E-state index contributed by atoms with van der Waals surface area (Å²) in [5, 5.41) is 3.35. The van der Waals surface area contributed by atoms with Gasteiger partial charge in [-0.2, -0.15) is 0 Å². The molecule has 0 amide bonds. The number of benzene rings is 2. The first-order chi connectivity index (χ1) is 9.95. The first-order valence-electron chi connectivity index (χ1n) is 6.60. The predicted octanol–water partition coefficient (Wildman–Crippen LogP) is 5.64. The van der Waals surface area contributed by atoms with Gasteiger partial charge in [0.1, 0.15) is 17.3 Å². The third-order valence-corrected chi connectivity index (χ3v) is 3.99. The van der Waals surface area contributed by atoms with Gasteiger partial charge in [0.05, 0.1) is 4.47 Å². The van der Waals surface area contributed by atoms with E-state index in [9.17, 15) is 4.39 Å². The van der Waals surface area contributed by atoms with Crippen LogP contribution in [0.2, 0.25) is 0 Å². The summed E-state index contributed by atoms with van der Waals surface area (Å²) in [6.45, 7) is 4.87. The predicted molar refractivity (Wildman–Crippen MR) is 90.3 cm³/mol. The Morgan fingerprint density at radius 3 is 2.57 bits per heavy atom. The summed E-state index contributed by atoms with van der Waals surface area (Å²) in [6.07, 6.45) is 0. The molecule has 0 unspecified atom stereocenters. The van der Waals surface area contributed by atoms with Crippen LogP contribution in [0.4, 0.5) is 4.39 Å². The highest BCUT2D eigenvalue weighted by molar-refractivity contribution is 9.10. The molecular formula is C16H16Br2FNO. The molecule has 0 heterocycles. The maximum absolute atomic E-state index is 13.6. The van der Waals surface area contributed by atoms with E-state index in [2.05, 4.69) is 51.0 Å². The molecular weight excluding hydrogens is 401 g/mol. The molecule has 0 aliphatic rings. The molecule has 1 N–H and O–H groups in total. The van der Waals surface area contributed by atoms with Crippen LogP contribution in [0.25, 0.3) is 0 Å². The molecule has 2 aromatic carbocycles. The summed E-state index contributed by atoms with van der Waals surface area (Å²) in [5.74, 6) is 0.836. The molecule has 0 bridgehead atoms. The average Bonchev–Trinajstić information content (AvgIpc) is 2.42. The number of halogens is 3. The molecule has 112 valence electrons. The molecule has 0 aliphatic heterocycles. The minimum absolute atomic E-state index is 0.343. The van der Waals surface area contributed by atoms with Crippen molar-refractivity contribution in [3.8, 4) is 11.5 Å². The van der Waals surface area contributed by atoms with Gasteiger partial charge in [0.15, 0.2) is 0 Å². The highest BCUT2D eigenvalue weighted by atomic mass is 79.9. The molecule has 0 radical (unpaired) electrons. The highest BCUT2D eigenvalue weighted by Crippen LogP contribution is 2.30. The molecule has 21 heavy (non-hydrogen) atoms. The van der Waals surface area contributed by atoms with E-state index in [-0.39, 0.29) is 5.82 Å². The van der Waals surface area contributed by atoms with Gasteiger partial charge in [-0.05, 0) is 40.2 Å². The van der Waals surface area contributed by atoms with Gasteiger partial charge in [0, 0.05) is 28.7 Å². The summed E-state index contributed by atoms with van der Waals surface area (Å²) in [4.78, 5) is 0. The van der Waals surface area contributed by atoms with Crippen LogP contribution in [-0.2, 0) is 6.54 Å². The topological polar surface area (TPSA) is 21.3 Å². The fraction of sp³-hybridized carbons (Fsp3) is 0.250. The summed E-state index contributed by atoms with van der Waals surface area (Å²) in [5.41, 5.74) is 1.02. The quantitative estimate of drug-likeness (QED) is 0.680. The Bertz CT molecular complexity index is 632. The van der Waals surface area contributed by atoms with Crippen molar-refractivity contribution in [2.24, 2.45) is 0 Å². The Labute approximate surface area is 141 Å². The normalized spacial score (nSPS) is 11.0. The lowest BCUT2D eigenvalue weighted by Gasteiger charge is -2.14. The zero-order valence-corrected chi connectivity index (χ0v) is 15.0. The van der Waals surface area contributed by atoms with Crippen LogP contribution in [0.3, 0.4) is 0 Å². The lowest BCUT2D eigenvalue weighted by molar-refractivity contribution is 0.464. The molecule has 2 rings (SSSR count). The van der Waals surface area contributed by atoms with Crippen molar-refractivity contribution >= 4 is 31.9 Å². The molecule has 5 heteroatoms. The zero-order valence-electron chi connectivity index (χ0n) is 11.8. The van der Waals surface area contributed by atoms with Crippen LogP contribution < -0.4 is 10.1 Å². The zero-order chi connectivity index (χ0) is 15.4. The molecule has 0 fully saturated rings. The SMILES string of the molecule is CC(C)NCc1ccc(Br)cc1Oc1ccc(Br)c(F)c1. The van der Waals surface area contributed by atoms with Crippen molar-refractivity contribution in [1.82, 2.24) is 5.32 Å². The lowest BCUT2D eigenvalue weighted by Crippen LogP contribution is -2.22. The van der Waals surface area contributed by atoms with E-state index in [1.54, 1.807) is 12.1 Å². The van der Waals surface area contributed by atoms with Crippen LogP contribution in [0.1, 0.15) is 19.4 Å². The van der Waals surface area contributed by atoms with Crippen molar-refractivity contribution in [3.05, 3.63) is 56.7 Å². The number of hydrogen-bond acceptors (Lipinski definition) is 2. The molecule has 0 aromatic heterocycles. The molecule has 0 saturated carbocycles. The van der Waals surface area contributed by atoms with Gasteiger partial charge in [-0.25, -0.2) is 4.39 Å². The minimum Gasteiger partial charge on any atom is -0.457 e. The van der Waals surface area contributed by atoms with E-state index in [0.717, 1.165) is 10.0 Å². The van der Waals surface area contributed by atoms with E-state index in [1.165, 1.54) is 6.07 Å². The third-order valence-electron chi connectivity index (χ3n) is 2.85. The smallest absolute Gasteiger partial charge is 0.141 e. The molecule has 2 aromatic rings. The Morgan fingerprint density at radius 1 is 1.14 bits per heavy atom. The largest absolute Gasteiger partial charge is 0.457 e.